The van der Waals surface area contributed by atoms with Crippen molar-refractivity contribution < 1.29 is 14.3 Å². The van der Waals surface area contributed by atoms with Crippen LogP contribution in [0.2, 0.25) is 0 Å². The predicted octanol–water partition coefficient (Wildman–Crippen LogP) is 0.660. The first-order valence-electron chi connectivity index (χ1n) is 6.59. The van der Waals surface area contributed by atoms with E-state index in [2.05, 4.69) is 11.9 Å². The van der Waals surface area contributed by atoms with Crippen LogP contribution in [0.4, 0.5) is 5.69 Å². The minimum absolute atomic E-state index is 0.0687. The molecule has 0 bridgehead atoms. The third-order valence-corrected chi connectivity index (χ3v) is 2.84. The average Bonchev–Trinajstić information content (AvgIpc) is 2.49. The molecule has 21 heavy (non-hydrogen) atoms. The first-order valence-corrected chi connectivity index (χ1v) is 6.59. The van der Waals surface area contributed by atoms with Crippen molar-refractivity contribution in [2.75, 3.05) is 39.1 Å². The molecule has 0 unspecified atom stereocenters. The number of benzene rings is 1. The third kappa shape index (κ3) is 5.66. The molecule has 0 aromatic heterocycles. The van der Waals surface area contributed by atoms with Crippen molar-refractivity contribution in [3.8, 4) is 0 Å². The molecule has 0 heterocycles. The van der Waals surface area contributed by atoms with Crippen LogP contribution in [0, 0.1) is 0 Å². The lowest BCUT2D eigenvalue weighted by Crippen LogP contribution is -2.41. The second-order valence-corrected chi connectivity index (χ2v) is 4.43. The Balaban J connectivity index is 2.51. The second-order valence-electron chi connectivity index (χ2n) is 4.43. The van der Waals surface area contributed by atoms with Gasteiger partial charge in [0, 0.05) is 31.5 Å². The summed E-state index contributed by atoms with van der Waals surface area (Å²) in [6.45, 7) is 4.85. The molecule has 2 amide bonds. The fraction of sp³-hybridized carbons (Fsp3) is 0.333. The lowest BCUT2D eigenvalue weighted by atomic mass is 10.2. The van der Waals surface area contributed by atoms with Crippen molar-refractivity contribution >= 4 is 17.5 Å². The summed E-state index contributed by atoms with van der Waals surface area (Å²) in [6, 6.07) is 6.50. The highest BCUT2D eigenvalue weighted by atomic mass is 16.5. The number of ether oxygens (including phenoxy) is 1. The molecule has 0 saturated carbocycles. The summed E-state index contributed by atoms with van der Waals surface area (Å²) in [4.78, 5) is 25.5. The molecular weight excluding hydrogens is 270 g/mol. The molecule has 1 aromatic rings. The molecule has 0 aliphatic rings. The van der Waals surface area contributed by atoms with Crippen molar-refractivity contribution in [3.05, 3.63) is 42.5 Å². The topological polar surface area (TPSA) is 84.7 Å². The molecule has 0 spiro atoms. The maximum Gasteiger partial charge on any atom is 0.251 e. The molecule has 0 aliphatic carbocycles. The number of carbonyl (C=O) groups excluding carboxylic acids is 2. The third-order valence-electron chi connectivity index (χ3n) is 2.84. The van der Waals surface area contributed by atoms with E-state index in [0.717, 1.165) is 0 Å². The molecule has 1 rings (SSSR count). The Labute approximate surface area is 124 Å². The van der Waals surface area contributed by atoms with Crippen LogP contribution in [0.1, 0.15) is 10.4 Å². The fourth-order valence-corrected chi connectivity index (χ4v) is 1.68. The summed E-state index contributed by atoms with van der Waals surface area (Å²) in [6.07, 6.45) is 1.63. The van der Waals surface area contributed by atoms with Crippen LogP contribution < -0.4 is 11.1 Å². The summed E-state index contributed by atoms with van der Waals surface area (Å²) >= 11 is 0. The van der Waals surface area contributed by atoms with E-state index in [1.807, 2.05) is 0 Å². The minimum atomic E-state index is -0.311. The van der Waals surface area contributed by atoms with Crippen LogP contribution in [0.15, 0.2) is 36.9 Å². The second kappa shape index (κ2) is 8.76. The highest BCUT2D eigenvalue weighted by Crippen LogP contribution is 2.05. The number of hydrogen-bond acceptors (Lipinski definition) is 4. The number of nitrogen functional groups attached to an aromatic ring is 1. The monoisotopic (exact) mass is 291 g/mol. The number of anilines is 1. The number of hydrogen-bond donors (Lipinski definition) is 2. The molecule has 6 heteroatoms. The largest absolute Gasteiger partial charge is 0.399 e. The number of amides is 2. The Morgan fingerprint density at radius 1 is 1.38 bits per heavy atom. The molecule has 0 aliphatic heterocycles. The van der Waals surface area contributed by atoms with Crippen molar-refractivity contribution in [1.29, 1.82) is 0 Å². The van der Waals surface area contributed by atoms with Crippen LogP contribution in [0.3, 0.4) is 0 Å². The van der Waals surface area contributed by atoms with E-state index >= 15 is 0 Å². The van der Waals surface area contributed by atoms with Crippen LogP contribution in [0.25, 0.3) is 0 Å². The van der Waals surface area contributed by atoms with Crippen molar-refractivity contribution in [2.24, 2.45) is 0 Å². The van der Waals surface area contributed by atoms with Gasteiger partial charge in [0.25, 0.3) is 5.91 Å². The summed E-state index contributed by atoms with van der Waals surface area (Å²) < 4.78 is 4.95. The Morgan fingerprint density at radius 3 is 2.62 bits per heavy atom. The Hall–Kier alpha value is -2.34. The molecule has 0 saturated heterocycles. The highest BCUT2D eigenvalue weighted by Gasteiger charge is 2.13. The number of rotatable bonds is 8. The number of nitrogens with zero attached hydrogens (tertiary/aromatic N) is 1. The summed E-state index contributed by atoms with van der Waals surface area (Å²) in [7, 11) is 1.57. The SMILES string of the molecule is C=CCN(CCOC)C(=O)CNC(=O)c1ccc(N)cc1. The van der Waals surface area contributed by atoms with E-state index in [1.54, 1.807) is 42.4 Å². The van der Waals surface area contributed by atoms with Crippen molar-refractivity contribution in [1.82, 2.24) is 10.2 Å². The molecule has 1 aromatic carbocycles. The van der Waals surface area contributed by atoms with E-state index in [1.165, 1.54) is 0 Å². The van der Waals surface area contributed by atoms with Gasteiger partial charge in [-0.1, -0.05) is 6.08 Å². The van der Waals surface area contributed by atoms with Gasteiger partial charge in [-0.25, -0.2) is 0 Å². The van der Waals surface area contributed by atoms with Crippen LogP contribution in [-0.2, 0) is 9.53 Å². The average molecular weight is 291 g/mol. The maximum absolute atomic E-state index is 12.0. The zero-order valence-electron chi connectivity index (χ0n) is 12.2. The van der Waals surface area contributed by atoms with Crippen LogP contribution >= 0.6 is 0 Å². The Kier molecular flexibility index (Phi) is 6.97. The Morgan fingerprint density at radius 2 is 2.05 bits per heavy atom. The molecular formula is C15H21N3O3. The van der Waals surface area contributed by atoms with Gasteiger partial charge in [0.1, 0.15) is 0 Å². The van der Waals surface area contributed by atoms with Gasteiger partial charge in [-0.3, -0.25) is 9.59 Å². The number of methoxy groups -OCH3 is 1. The van der Waals surface area contributed by atoms with E-state index in [4.69, 9.17) is 10.5 Å². The summed E-state index contributed by atoms with van der Waals surface area (Å²) in [5.41, 5.74) is 6.60. The van der Waals surface area contributed by atoms with Crippen molar-refractivity contribution in [3.63, 3.8) is 0 Å². The number of nitrogens with two attached hydrogens (primary N) is 1. The van der Waals surface area contributed by atoms with Gasteiger partial charge in [0.2, 0.25) is 5.91 Å². The van der Waals surface area contributed by atoms with E-state index < -0.39 is 0 Å². The first kappa shape index (κ1) is 16.7. The molecule has 0 radical (unpaired) electrons. The predicted molar refractivity (Wildman–Crippen MR) is 81.8 cm³/mol. The van der Waals surface area contributed by atoms with Gasteiger partial charge < -0.3 is 20.7 Å². The molecule has 0 fully saturated rings. The van der Waals surface area contributed by atoms with Gasteiger partial charge >= 0.3 is 0 Å². The zero-order chi connectivity index (χ0) is 15.7. The first-order chi connectivity index (χ1) is 10.1. The van der Waals surface area contributed by atoms with Crippen molar-refractivity contribution in [2.45, 2.75) is 0 Å². The van der Waals surface area contributed by atoms with Gasteiger partial charge in [0.15, 0.2) is 0 Å². The quantitative estimate of drug-likeness (QED) is 0.544. The molecule has 3 N–H and O–H groups in total. The minimum Gasteiger partial charge on any atom is -0.399 e. The zero-order valence-corrected chi connectivity index (χ0v) is 12.2. The lowest BCUT2D eigenvalue weighted by Gasteiger charge is -2.20. The smallest absolute Gasteiger partial charge is 0.251 e. The van der Waals surface area contributed by atoms with Crippen LogP contribution in [0.5, 0.6) is 0 Å². The van der Waals surface area contributed by atoms with E-state index in [-0.39, 0.29) is 18.4 Å². The van der Waals surface area contributed by atoms with E-state index in [9.17, 15) is 9.59 Å². The van der Waals surface area contributed by atoms with Gasteiger partial charge in [-0.2, -0.15) is 0 Å². The van der Waals surface area contributed by atoms with Crippen LogP contribution in [-0.4, -0.2) is 50.1 Å². The lowest BCUT2D eigenvalue weighted by molar-refractivity contribution is -0.130. The van der Waals surface area contributed by atoms with Gasteiger partial charge in [-0.15, -0.1) is 6.58 Å². The van der Waals surface area contributed by atoms with E-state index in [0.29, 0.717) is 30.9 Å². The molecule has 6 nitrogen and oxygen atoms in total. The maximum atomic E-state index is 12.0. The molecule has 114 valence electrons. The number of nitrogens with one attached hydrogen (secondary N) is 1. The normalized spacial score (nSPS) is 9.95. The number of carbonyl (C=O) groups is 2. The van der Waals surface area contributed by atoms with Gasteiger partial charge in [0.05, 0.1) is 13.2 Å². The summed E-state index contributed by atoms with van der Waals surface area (Å²) in [5.74, 6) is -0.496. The molecule has 0 atom stereocenters. The standard InChI is InChI=1S/C15H21N3O3/c1-3-8-18(9-10-21-2)14(19)11-17-15(20)12-4-6-13(16)7-5-12/h3-7H,1,8-11,16H2,2H3,(H,17,20). The van der Waals surface area contributed by atoms with Gasteiger partial charge in [-0.05, 0) is 24.3 Å². The highest BCUT2D eigenvalue weighted by molar-refractivity contribution is 5.96. The summed E-state index contributed by atoms with van der Waals surface area (Å²) in [5, 5.41) is 2.59. The Bertz CT molecular complexity index is 485. The fourth-order valence-electron chi connectivity index (χ4n) is 1.68.